The number of amidine groups is 1. The molecule has 2 rings (SSSR count). The van der Waals surface area contributed by atoms with Gasteiger partial charge in [-0.15, -0.1) is 0 Å². The second kappa shape index (κ2) is 9.17. The number of pyridine rings is 1. The molecule has 0 aliphatic carbocycles. The summed E-state index contributed by atoms with van der Waals surface area (Å²) < 4.78 is 1.73. The highest BCUT2D eigenvalue weighted by atomic mass is 16.1. The third-order valence-corrected chi connectivity index (χ3v) is 4.96. The van der Waals surface area contributed by atoms with Crippen LogP contribution in [-0.4, -0.2) is 38.6 Å². The number of aromatic nitrogens is 3. The van der Waals surface area contributed by atoms with Crippen molar-refractivity contribution in [3.63, 3.8) is 0 Å². The Morgan fingerprint density at radius 2 is 1.97 bits per heavy atom. The molecule has 0 saturated heterocycles. The van der Waals surface area contributed by atoms with E-state index in [2.05, 4.69) is 15.1 Å². The van der Waals surface area contributed by atoms with Crippen LogP contribution >= 0.6 is 0 Å². The number of nitrogens with two attached hydrogens (primary N) is 2. The average molecular weight is 413 g/mol. The van der Waals surface area contributed by atoms with E-state index < -0.39 is 5.41 Å². The maximum absolute atomic E-state index is 12.1. The van der Waals surface area contributed by atoms with Crippen molar-refractivity contribution in [2.45, 2.75) is 47.6 Å². The van der Waals surface area contributed by atoms with Crippen molar-refractivity contribution >= 4 is 23.0 Å². The molecule has 9 nitrogen and oxygen atoms in total. The lowest BCUT2D eigenvalue weighted by atomic mass is 9.89. The summed E-state index contributed by atoms with van der Waals surface area (Å²) in [5.74, 6) is 6.60. The minimum Gasteiger partial charge on any atom is -0.387 e. The van der Waals surface area contributed by atoms with E-state index >= 15 is 0 Å². The number of nitrogens with one attached hydrogen (secondary N) is 1. The van der Waals surface area contributed by atoms with Gasteiger partial charge in [0, 0.05) is 29.9 Å². The molecule has 0 fully saturated rings. The first kappa shape index (κ1) is 23.2. The number of hydrogen-bond donors (Lipinski definition) is 3. The average Bonchev–Trinajstić information content (AvgIpc) is 2.99. The van der Waals surface area contributed by atoms with Crippen LogP contribution in [0.1, 0.15) is 49.7 Å². The van der Waals surface area contributed by atoms with E-state index in [1.807, 2.05) is 47.7 Å². The van der Waals surface area contributed by atoms with E-state index in [4.69, 9.17) is 17.0 Å². The molecule has 0 saturated carbocycles. The van der Waals surface area contributed by atoms with Crippen molar-refractivity contribution in [1.82, 2.24) is 14.8 Å². The zero-order chi connectivity index (χ0) is 22.6. The monoisotopic (exact) mass is 412 g/mol. The van der Waals surface area contributed by atoms with Gasteiger partial charge in [0.25, 0.3) is 0 Å². The second-order valence-corrected chi connectivity index (χ2v) is 8.48. The number of Topliss-reactive ketones (excluding diaryl/α,β-unsaturated/α-hetero) is 1. The van der Waals surface area contributed by atoms with Gasteiger partial charge in [-0.1, -0.05) is 20.8 Å². The van der Waals surface area contributed by atoms with Crippen LogP contribution < -0.4 is 16.6 Å². The fraction of sp³-hybridized carbons (Fsp3) is 0.476. The van der Waals surface area contributed by atoms with Crippen LogP contribution in [-0.2, 0) is 18.4 Å². The number of nitrogens with zero attached hydrogens (tertiary/aromatic N) is 5. The number of aliphatic imine (C=N–C) groups is 1. The van der Waals surface area contributed by atoms with Crippen LogP contribution in [0.4, 0.5) is 5.69 Å². The van der Waals surface area contributed by atoms with Crippen LogP contribution in [0.15, 0.2) is 23.5 Å². The van der Waals surface area contributed by atoms with Crippen LogP contribution in [0.5, 0.6) is 0 Å². The number of hydrazine groups is 1. The quantitative estimate of drug-likeness (QED) is 0.262. The predicted octanol–water partition coefficient (Wildman–Crippen LogP) is 2.04. The Labute approximate surface area is 177 Å². The number of hydrogen-bond acceptors (Lipinski definition) is 7. The van der Waals surface area contributed by atoms with Crippen LogP contribution in [0, 0.1) is 24.7 Å². The summed E-state index contributed by atoms with van der Waals surface area (Å²) in [5.41, 5.74) is 9.80. The maximum Gasteiger partial charge on any atom is 0.145 e. The summed E-state index contributed by atoms with van der Waals surface area (Å²) in [5, 5.41) is 14.1. The summed E-state index contributed by atoms with van der Waals surface area (Å²) in [6, 6.07) is 1.88. The molecule has 5 N–H and O–H groups in total. The highest BCUT2D eigenvalue weighted by Gasteiger charge is 2.21. The topological polar surface area (TPSA) is 139 Å². The molecule has 0 spiro atoms. The van der Waals surface area contributed by atoms with Crippen LogP contribution in [0.2, 0.25) is 0 Å². The number of anilines is 1. The van der Waals surface area contributed by atoms with Crippen molar-refractivity contribution in [2.75, 3.05) is 11.6 Å². The molecule has 162 valence electrons. The molecule has 0 amide bonds. The first-order valence-electron chi connectivity index (χ1n) is 9.76. The Morgan fingerprint density at radius 3 is 2.53 bits per heavy atom. The molecular formula is C21H32N8O. The maximum atomic E-state index is 12.1. The van der Waals surface area contributed by atoms with Gasteiger partial charge in [-0.2, -0.15) is 5.10 Å². The molecule has 0 atom stereocenters. The molecule has 0 aromatic carbocycles. The second-order valence-electron chi connectivity index (χ2n) is 8.48. The molecule has 0 unspecified atom stereocenters. The van der Waals surface area contributed by atoms with Crippen molar-refractivity contribution in [2.24, 2.45) is 29.0 Å². The molecule has 2 aromatic rings. The summed E-state index contributed by atoms with van der Waals surface area (Å²) in [7, 11) is 1.84. The van der Waals surface area contributed by atoms with Gasteiger partial charge in [0.2, 0.25) is 0 Å². The van der Waals surface area contributed by atoms with Gasteiger partial charge in [-0.25, -0.2) is 5.84 Å². The zero-order valence-electron chi connectivity index (χ0n) is 18.7. The van der Waals surface area contributed by atoms with Gasteiger partial charge in [0.15, 0.2) is 0 Å². The molecule has 9 heteroatoms. The fourth-order valence-corrected chi connectivity index (χ4v) is 2.75. The van der Waals surface area contributed by atoms with Crippen molar-refractivity contribution in [3.05, 3.63) is 41.0 Å². The van der Waals surface area contributed by atoms with Crippen molar-refractivity contribution in [1.29, 1.82) is 5.41 Å². The normalized spacial score (nSPS) is 12.2. The molecule has 0 aliphatic rings. The minimum atomic E-state index is -0.449. The lowest BCUT2D eigenvalue weighted by Gasteiger charge is -2.21. The van der Waals surface area contributed by atoms with Gasteiger partial charge in [0.05, 0.1) is 42.8 Å². The molecule has 2 heterocycles. The molecule has 30 heavy (non-hydrogen) atoms. The van der Waals surface area contributed by atoms with E-state index in [1.54, 1.807) is 17.1 Å². The van der Waals surface area contributed by atoms with Crippen molar-refractivity contribution < 1.29 is 4.79 Å². The lowest BCUT2D eigenvalue weighted by molar-refractivity contribution is -0.125. The van der Waals surface area contributed by atoms with Crippen LogP contribution in [0.25, 0.3) is 0 Å². The summed E-state index contributed by atoms with van der Waals surface area (Å²) in [4.78, 5) is 20.8. The Bertz CT molecular complexity index is 968. The molecule has 0 aliphatic heterocycles. The molecule has 2 aromatic heterocycles. The Hall–Kier alpha value is -3.07. The Kier molecular flexibility index (Phi) is 7.09. The highest BCUT2D eigenvalue weighted by molar-refractivity contribution is 6.02. The predicted molar refractivity (Wildman–Crippen MR) is 120 cm³/mol. The summed E-state index contributed by atoms with van der Waals surface area (Å²) in [6.07, 6.45) is 3.51. The van der Waals surface area contributed by atoms with Gasteiger partial charge < -0.3 is 16.2 Å². The van der Waals surface area contributed by atoms with Gasteiger partial charge >= 0.3 is 0 Å². The number of carbonyl (C=O) groups is 1. The molecule has 0 bridgehead atoms. The van der Waals surface area contributed by atoms with Crippen molar-refractivity contribution in [3.8, 4) is 0 Å². The van der Waals surface area contributed by atoms with E-state index in [0.717, 1.165) is 22.5 Å². The van der Waals surface area contributed by atoms with Gasteiger partial charge in [-0.05, 0) is 25.5 Å². The number of carbonyl (C=O) groups excluding carboxylic acids is 1. The largest absolute Gasteiger partial charge is 0.387 e. The number of ketones is 1. The van der Waals surface area contributed by atoms with Gasteiger partial charge in [-0.3, -0.25) is 19.5 Å². The smallest absolute Gasteiger partial charge is 0.145 e. The Balaban J connectivity index is 2.10. The van der Waals surface area contributed by atoms with E-state index in [-0.39, 0.29) is 18.7 Å². The number of rotatable bonds is 8. The first-order valence-corrected chi connectivity index (χ1v) is 9.76. The third kappa shape index (κ3) is 5.73. The standard InChI is InChI=1S/C21H32N8O/c1-13-18(29(24)12-17(22)16-11-27-28(6)14(16)2)7-15(9-25-13)10-26-20(23)8-19(30)21(3,4)5/h7,9,11,22H,8,10,12,24H2,1-6H3,(H2,23,26). The molecule has 0 radical (unpaired) electrons. The minimum absolute atomic E-state index is 0.0452. The third-order valence-electron chi connectivity index (χ3n) is 4.96. The summed E-state index contributed by atoms with van der Waals surface area (Å²) >= 11 is 0. The lowest BCUT2D eigenvalue weighted by Crippen LogP contribution is -2.37. The SMILES string of the molecule is Cc1ncc(CN=C(N)CC(=O)C(C)(C)C)cc1N(N)CC(=N)c1cnn(C)c1C. The van der Waals surface area contributed by atoms with E-state index in [9.17, 15) is 4.79 Å². The zero-order valence-corrected chi connectivity index (χ0v) is 18.7. The Morgan fingerprint density at radius 1 is 1.30 bits per heavy atom. The van der Waals surface area contributed by atoms with Crippen LogP contribution in [0.3, 0.4) is 0 Å². The van der Waals surface area contributed by atoms with Gasteiger partial charge in [0.1, 0.15) is 11.6 Å². The summed E-state index contributed by atoms with van der Waals surface area (Å²) in [6.45, 7) is 9.87. The fourth-order valence-electron chi connectivity index (χ4n) is 2.75. The van der Waals surface area contributed by atoms with E-state index in [0.29, 0.717) is 23.8 Å². The van der Waals surface area contributed by atoms with E-state index in [1.165, 1.54) is 5.01 Å². The highest BCUT2D eigenvalue weighted by Crippen LogP contribution is 2.19. The first-order chi connectivity index (χ1) is 13.9. The number of aryl methyl sites for hydroxylation is 2. The molecular weight excluding hydrogens is 380 g/mol.